The Hall–Kier alpha value is -3.12. The van der Waals surface area contributed by atoms with E-state index < -0.39 is 12.0 Å². The van der Waals surface area contributed by atoms with Crippen LogP contribution < -0.4 is 11.1 Å². The number of carbonyl (C=O) groups is 2. The molecule has 122 valence electrons. The normalized spacial score (nSPS) is 12.0. The number of benzene rings is 2. The summed E-state index contributed by atoms with van der Waals surface area (Å²) in [6, 6.07) is 16.3. The molecular weight excluding hydrogens is 306 g/mol. The van der Waals surface area contributed by atoms with Crippen molar-refractivity contribution in [2.75, 3.05) is 6.54 Å². The summed E-state index contributed by atoms with van der Waals surface area (Å²) in [5, 5.41) is 12.2. The Labute approximate surface area is 138 Å². The molecule has 0 aliphatic rings. The van der Waals surface area contributed by atoms with E-state index in [1.54, 1.807) is 6.07 Å². The predicted molar refractivity (Wildman–Crippen MR) is 91.7 cm³/mol. The molecule has 0 saturated heterocycles. The molecule has 1 heterocycles. The quantitative estimate of drug-likeness (QED) is 0.575. The molecule has 0 aliphatic carbocycles. The van der Waals surface area contributed by atoms with Crippen molar-refractivity contribution in [1.82, 2.24) is 10.3 Å². The van der Waals surface area contributed by atoms with Crippen molar-refractivity contribution < 1.29 is 14.7 Å². The van der Waals surface area contributed by atoms with Gasteiger partial charge in [0.2, 0.25) is 0 Å². The van der Waals surface area contributed by atoms with Crippen LogP contribution >= 0.6 is 0 Å². The Morgan fingerprint density at radius 3 is 2.58 bits per heavy atom. The topological polar surface area (TPSA) is 108 Å². The van der Waals surface area contributed by atoms with Crippen molar-refractivity contribution in [2.24, 2.45) is 5.73 Å². The number of hydrogen-bond acceptors (Lipinski definition) is 3. The van der Waals surface area contributed by atoms with Crippen molar-refractivity contribution in [3.8, 4) is 11.1 Å². The lowest BCUT2D eigenvalue weighted by Crippen LogP contribution is -2.42. The van der Waals surface area contributed by atoms with E-state index in [1.807, 2.05) is 48.5 Å². The minimum absolute atomic E-state index is 0.130. The van der Waals surface area contributed by atoms with Gasteiger partial charge in [0.15, 0.2) is 0 Å². The number of aromatic nitrogens is 1. The highest BCUT2D eigenvalue weighted by atomic mass is 16.4. The number of carboxylic acids is 1. The summed E-state index contributed by atoms with van der Waals surface area (Å²) >= 11 is 0. The molecule has 5 N–H and O–H groups in total. The molecule has 1 unspecified atom stereocenters. The molecule has 3 rings (SSSR count). The fourth-order valence-electron chi connectivity index (χ4n) is 2.53. The van der Waals surface area contributed by atoms with Gasteiger partial charge in [-0.3, -0.25) is 9.59 Å². The molecule has 2 aromatic carbocycles. The van der Waals surface area contributed by atoms with Gasteiger partial charge in [-0.1, -0.05) is 42.5 Å². The molecule has 0 radical (unpaired) electrons. The Kier molecular flexibility index (Phi) is 4.31. The number of H-pyrrole nitrogens is 1. The Balaban J connectivity index is 1.89. The number of aliphatic carboxylic acids is 1. The van der Waals surface area contributed by atoms with E-state index in [1.165, 1.54) is 0 Å². The van der Waals surface area contributed by atoms with Crippen molar-refractivity contribution in [3.05, 3.63) is 60.3 Å². The van der Waals surface area contributed by atoms with Gasteiger partial charge in [0.1, 0.15) is 11.7 Å². The lowest BCUT2D eigenvalue weighted by Gasteiger charge is -2.07. The maximum Gasteiger partial charge on any atom is 0.322 e. The van der Waals surface area contributed by atoms with Gasteiger partial charge >= 0.3 is 5.97 Å². The minimum Gasteiger partial charge on any atom is -0.480 e. The second-order valence-electron chi connectivity index (χ2n) is 5.47. The lowest BCUT2D eigenvalue weighted by atomic mass is 10.0. The molecular formula is C18H17N3O3. The molecule has 6 heteroatoms. The molecule has 0 aliphatic heterocycles. The summed E-state index contributed by atoms with van der Waals surface area (Å²) in [5.74, 6) is -1.54. The van der Waals surface area contributed by atoms with Crippen LogP contribution in [0.3, 0.4) is 0 Å². The number of aromatic amines is 1. The zero-order chi connectivity index (χ0) is 17.1. The molecule has 1 atom stereocenters. The van der Waals surface area contributed by atoms with Crippen LogP contribution in [0.2, 0.25) is 0 Å². The van der Waals surface area contributed by atoms with E-state index in [2.05, 4.69) is 10.3 Å². The average Bonchev–Trinajstić information content (AvgIpc) is 3.04. The highest BCUT2D eigenvalue weighted by Gasteiger charge is 2.16. The Morgan fingerprint density at radius 1 is 1.12 bits per heavy atom. The lowest BCUT2D eigenvalue weighted by molar-refractivity contribution is -0.138. The van der Waals surface area contributed by atoms with Crippen LogP contribution in [-0.2, 0) is 4.79 Å². The van der Waals surface area contributed by atoms with Crippen LogP contribution in [0.5, 0.6) is 0 Å². The minimum atomic E-state index is -1.15. The molecule has 6 nitrogen and oxygen atoms in total. The van der Waals surface area contributed by atoms with E-state index in [0.29, 0.717) is 5.69 Å². The summed E-state index contributed by atoms with van der Waals surface area (Å²) in [4.78, 5) is 26.0. The number of nitrogens with one attached hydrogen (secondary N) is 2. The third-order valence-electron chi connectivity index (χ3n) is 3.79. The second-order valence-corrected chi connectivity index (χ2v) is 5.47. The van der Waals surface area contributed by atoms with E-state index in [0.717, 1.165) is 22.0 Å². The number of rotatable bonds is 5. The SMILES string of the molecule is NC(CNC(=O)c1cc2c(-c3ccccc3)cccc2[nH]1)C(=O)O. The monoisotopic (exact) mass is 323 g/mol. The third-order valence-corrected chi connectivity index (χ3v) is 3.79. The van der Waals surface area contributed by atoms with Gasteiger partial charge in [-0.25, -0.2) is 0 Å². The van der Waals surface area contributed by atoms with Crippen LogP contribution in [-0.4, -0.2) is 34.6 Å². The summed E-state index contributed by atoms with van der Waals surface area (Å²) < 4.78 is 0. The highest BCUT2D eigenvalue weighted by molar-refractivity contribution is 6.03. The first-order valence-electron chi connectivity index (χ1n) is 7.50. The smallest absolute Gasteiger partial charge is 0.322 e. The maximum atomic E-state index is 12.2. The van der Waals surface area contributed by atoms with Gasteiger partial charge in [0, 0.05) is 17.4 Å². The first kappa shape index (κ1) is 15.8. The number of fused-ring (bicyclic) bond motifs is 1. The van der Waals surface area contributed by atoms with Crippen molar-refractivity contribution in [1.29, 1.82) is 0 Å². The van der Waals surface area contributed by atoms with E-state index in [-0.39, 0.29) is 12.5 Å². The fraction of sp³-hybridized carbons (Fsp3) is 0.111. The molecule has 0 spiro atoms. The Morgan fingerprint density at radius 2 is 1.88 bits per heavy atom. The summed E-state index contributed by atoms with van der Waals surface area (Å²) in [5.41, 5.74) is 8.67. The van der Waals surface area contributed by atoms with Gasteiger partial charge < -0.3 is 21.1 Å². The fourth-order valence-corrected chi connectivity index (χ4v) is 2.53. The van der Waals surface area contributed by atoms with E-state index in [4.69, 9.17) is 10.8 Å². The maximum absolute atomic E-state index is 12.2. The Bertz CT molecular complexity index is 887. The van der Waals surface area contributed by atoms with E-state index >= 15 is 0 Å². The zero-order valence-corrected chi connectivity index (χ0v) is 12.8. The first-order chi connectivity index (χ1) is 11.6. The number of carboxylic acid groups (broad SMARTS) is 1. The predicted octanol–water partition coefficient (Wildman–Crippen LogP) is 1.98. The number of nitrogens with two attached hydrogens (primary N) is 1. The summed E-state index contributed by atoms with van der Waals surface area (Å²) in [6.45, 7) is -0.130. The second kappa shape index (κ2) is 6.55. The molecule has 1 amide bonds. The average molecular weight is 323 g/mol. The molecule has 0 saturated carbocycles. The molecule has 1 aromatic heterocycles. The molecule has 3 aromatic rings. The van der Waals surface area contributed by atoms with Gasteiger partial charge in [-0.05, 0) is 23.3 Å². The van der Waals surface area contributed by atoms with Gasteiger partial charge in [0.05, 0.1) is 0 Å². The van der Waals surface area contributed by atoms with Crippen molar-refractivity contribution >= 4 is 22.8 Å². The number of carbonyl (C=O) groups excluding carboxylic acids is 1. The van der Waals surface area contributed by atoms with Crippen molar-refractivity contribution in [3.63, 3.8) is 0 Å². The van der Waals surface area contributed by atoms with Gasteiger partial charge in [-0.2, -0.15) is 0 Å². The van der Waals surface area contributed by atoms with Gasteiger partial charge in [-0.15, -0.1) is 0 Å². The van der Waals surface area contributed by atoms with Crippen LogP contribution in [0.4, 0.5) is 0 Å². The largest absolute Gasteiger partial charge is 0.480 e. The summed E-state index contributed by atoms with van der Waals surface area (Å²) in [6.07, 6.45) is 0. The number of amides is 1. The molecule has 0 fully saturated rings. The van der Waals surface area contributed by atoms with Crippen LogP contribution in [0, 0.1) is 0 Å². The van der Waals surface area contributed by atoms with Gasteiger partial charge in [0.25, 0.3) is 5.91 Å². The van der Waals surface area contributed by atoms with E-state index in [9.17, 15) is 9.59 Å². The standard InChI is InChI=1S/C18H17N3O3/c19-14(18(23)24)10-20-17(22)16-9-13-12(7-4-8-15(13)21-16)11-5-2-1-3-6-11/h1-9,14,21H,10,19H2,(H,20,22)(H,23,24). The van der Waals surface area contributed by atoms with Crippen LogP contribution in [0.25, 0.3) is 22.0 Å². The van der Waals surface area contributed by atoms with Crippen LogP contribution in [0.15, 0.2) is 54.6 Å². The highest BCUT2D eigenvalue weighted by Crippen LogP contribution is 2.29. The zero-order valence-electron chi connectivity index (χ0n) is 12.8. The first-order valence-corrected chi connectivity index (χ1v) is 7.50. The molecule has 0 bridgehead atoms. The summed E-state index contributed by atoms with van der Waals surface area (Å²) in [7, 11) is 0. The van der Waals surface area contributed by atoms with Crippen molar-refractivity contribution in [2.45, 2.75) is 6.04 Å². The third kappa shape index (κ3) is 3.13. The van der Waals surface area contributed by atoms with Crippen LogP contribution in [0.1, 0.15) is 10.5 Å². The molecule has 24 heavy (non-hydrogen) atoms. The number of hydrogen-bond donors (Lipinski definition) is 4.